The molecule has 0 unspecified atom stereocenters. The average molecular weight is 266 g/mol. The number of rotatable bonds is 5. The smallest absolute Gasteiger partial charge is 0.267 e. The van der Waals surface area contributed by atoms with E-state index in [0.717, 1.165) is 5.56 Å². The molecule has 0 saturated heterocycles. The molecule has 0 bridgehead atoms. The predicted molar refractivity (Wildman–Crippen MR) is 67.3 cm³/mol. The number of hydrogen-bond donors (Lipinski definition) is 1. The number of hydrogen-bond acceptors (Lipinski definition) is 4. The Morgan fingerprint density at radius 3 is 2.61 bits per heavy atom. The first kappa shape index (κ1) is 12.8. The van der Waals surface area contributed by atoms with Gasteiger partial charge in [0.15, 0.2) is 0 Å². The molecule has 0 spiro atoms. The molecule has 0 amide bonds. The summed E-state index contributed by atoms with van der Waals surface area (Å²) in [6.45, 7) is 0.452. The van der Waals surface area contributed by atoms with Gasteiger partial charge in [-0.1, -0.05) is 18.2 Å². The zero-order valence-corrected chi connectivity index (χ0v) is 10.7. The van der Waals surface area contributed by atoms with Crippen LogP contribution in [0.4, 0.5) is 0 Å². The molecule has 0 aliphatic heterocycles. The zero-order chi connectivity index (χ0) is 13.0. The molecule has 1 heterocycles. The van der Waals surface area contributed by atoms with Gasteiger partial charge in [0.2, 0.25) is 0 Å². The second-order valence-corrected chi connectivity index (χ2v) is 5.54. The molecule has 96 valence electrons. The first-order valence-electron chi connectivity index (χ1n) is 5.38. The lowest BCUT2D eigenvalue weighted by Crippen LogP contribution is -2.12. The third-order valence-electron chi connectivity index (χ3n) is 2.47. The number of benzene rings is 1. The maximum atomic E-state index is 12.2. The van der Waals surface area contributed by atoms with E-state index in [4.69, 9.17) is 4.84 Å². The van der Waals surface area contributed by atoms with E-state index in [1.165, 1.54) is 17.3 Å². The summed E-state index contributed by atoms with van der Waals surface area (Å²) in [6, 6.07) is 10.0. The molecule has 5 nitrogen and oxygen atoms in total. The van der Waals surface area contributed by atoms with Crippen molar-refractivity contribution in [1.82, 2.24) is 9.45 Å². The molecule has 2 aromatic rings. The lowest BCUT2D eigenvalue weighted by molar-refractivity contribution is 0.0867. The molecule has 18 heavy (non-hydrogen) atoms. The number of hydroxylamine groups is 1. The Morgan fingerprint density at radius 1 is 1.22 bits per heavy atom. The van der Waals surface area contributed by atoms with E-state index >= 15 is 0 Å². The fourth-order valence-electron chi connectivity index (χ4n) is 1.54. The van der Waals surface area contributed by atoms with Gasteiger partial charge in [-0.25, -0.2) is 12.4 Å². The average Bonchev–Trinajstić information content (AvgIpc) is 2.87. The Hall–Kier alpha value is -1.63. The van der Waals surface area contributed by atoms with Crippen LogP contribution in [0.3, 0.4) is 0 Å². The van der Waals surface area contributed by atoms with E-state index in [1.807, 2.05) is 0 Å². The van der Waals surface area contributed by atoms with Crippen LogP contribution in [0.1, 0.15) is 5.56 Å². The standard InChI is InChI=1S/C12H14N2O3S/c1-17-13-9-11-7-8-14(10-11)18(15,16)12-5-3-2-4-6-12/h2-8,10,13H,9H2,1H3. The molecule has 1 aromatic heterocycles. The topological polar surface area (TPSA) is 60.3 Å². The summed E-state index contributed by atoms with van der Waals surface area (Å²) in [5, 5.41) is 0. The van der Waals surface area contributed by atoms with Crippen molar-refractivity contribution in [2.75, 3.05) is 7.11 Å². The van der Waals surface area contributed by atoms with Gasteiger partial charge in [-0.3, -0.25) is 0 Å². The van der Waals surface area contributed by atoms with Crippen molar-refractivity contribution in [1.29, 1.82) is 0 Å². The van der Waals surface area contributed by atoms with Gasteiger partial charge in [-0.15, -0.1) is 0 Å². The molecule has 0 fully saturated rings. The molecule has 0 atom stereocenters. The molecule has 0 saturated carbocycles. The normalized spacial score (nSPS) is 11.6. The predicted octanol–water partition coefficient (Wildman–Crippen LogP) is 1.38. The highest BCUT2D eigenvalue weighted by molar-refractivity contribution is 7.90. The van der Waals surface area contributed by atoms with Crippen molar-refractivity contribution in [3.05, 3.63) is 54.4 Å². The van der Waals surface area contributed by atoms with E-state index in [0.29, 0.717) is 6.54 Å². The van der Waals surface area contributed by atoms with Gasteiger partial charge in [0.25, 0.3) is 10.0 Å². The first-order chi connectivity index (χ1) is 8.64. The second kappa shape index (κ2) is 5.34. The number of nitrogens with zero attached hydrogens (tertiary/aromatic N) is 1. The molecule has 0 aliphatic carbocycles. The van der Waals surface area contributed by atoms with Gasteiger partial charge >= 0.3 is 0 Å². The van der Waals surface area contributed by atoms with E-state index in [1.54, 1.807) is 42.6 Å². The van der Waals surface area contributed by atoms with Crippen LogP contribution in [-0.2, 0) is 21.4 Å². The molecule has 2 rings (SSSR count). The van der Waals surface area contributed by atoms with Crippen LogP contribution in [0, 0.1) is 0 Å². The molecular formula is C12H14N2O3S. The number of aromatic nitrogens is 1. The van der Waals surface area contributed by atoms with Crippen molar-refractivity contribution < 1.29 is 13.3 Å². The van der Waals surface area contributed by atoms with Crippen LogP contribution in [0.2, 0.25) is 0 Å². The second-order valence-electron chi connectivity index (χ2n) is 3.69. The van der Waals surface area contributed by atoms with Crippen molar-refractivity contribution >= 4 is 10.0 Å². The molecule has 0 radical (unpaired) electrons. The molecule has 0 aliphatic rings. The summed E-state index contributed by atoms with van der Waals surface area (Å²) in [4.78, 5) is 4.99. The van der Waals surface area contributed by atoms with Crippen molar-refractivity contribution in [2.24, 2.45) is 0 Å². The van der Waals surface area contributed by atoms with Crippen LogP contribution >= 0.6 is 0 Å². The van der Waals surface area contributed by atoms with Gasteiger partial charge < -0.3 is 4.84 Å². The zero-order valence-electron chi connectivity index (χ0n) is 9.91. The van der Waals surface area contributed by atoms with E-state index < -0.39 is 10.0 Å². The summed E-state index contributed by atoms with van der Waals surface area (Å²) < 4.78 is 25.7. The lowest BCUT2D eigenvalue weighted by atomic mass is 10.3. The summed E-state index contributed by atoms with van der Waals surface area (Å²) >= 11 is 0. The summed E-state index contributed by atoms with van der Waals surface area (Å²) in [7, 11) is -1.98. The highest BCUT2D eigenvalue weighted by Crippen LogP contribution is 2.14. The van der Waals surface area contributed by atoms with Crippen molar-refractivity contribution in [3.63, 3.8) is 0 Å². The minimum absolute atomic E-state index is 0.270. The fraction of sp³-hybridized carbons (Fsp3) is 0.167. The summed E-state index contributed by atoms with van der Waals surface area (Å²) in [6.07, 6.45) is 3.09. The van der Waals surface area contributed by atoms with Crippen LogP contribution < -0.4 is 5.48 Å². The molecule has 1 aromatic carbocycles. The molecular weight excluding hydrogens is 252 g/mol. The SMILES string of the molecule is CONCc1ccn(S(=O)(=O)c2ccccc2)c1. The first-order valence-corrected chi connectivity index (χ1v) is 6.82. The molecule has 1 N–H and O–H groups in total. The number of nitrogens with one attached hydrogen (secondary N) is 1. The fourth-order valence-corrected chi connectivity index (χ4v) is 2.78. The quantitative estimate of drug-likeness (QED) is 0.830. The highest BCUT2D eigenvalue weighted by Gasteiger charge is 2.15. The minimum Gasteiger partial charge on any atom is -0.305 e. The van der Waals surface area contributed by atoms with Gasteiger partial charge in [0.05, 0.1) is 12.0 Å². The minimum atomic E-state index is -3.50. The Morgan fingerprint density at radius 2 is 1.94 bits per heavy atom. The van der Waals surface area contributed by atoms with E-state index in [9.17, 15) is 8.42 Å². The van der Waals surface area contributed by atoms with Crippen molar-refractivity contribution in [3.8, 4) is 0 Å². The summed E-state index contributed by atoms with van der Waals surface area (Å²) in [5.41, 5.74) is 3.49. The third kappa shape index (κ3) is 2.61. The maximum Gasteiger partial charge on any atom is 0.267 e. The Labute approximate surface area is 106 Å². The Balaban J connectivity index is 2.28. The van der Waals surface area contributed by atoms with E-state index in [2.05, 4.69) is 5.48 Å². The lowest BCUT2D eigenvalue weighted by Gasteiger charge is -2.05. The molecule has 6 heteroatoms. The van der Waals surface area contributed by atoms with Crippen molar-refractivity contribution in [2.45, 2.75) is 11.4 Å². The van der Waals surface area contributed by atoms with Crippen LogP contribution in [0.25, 0.3) is 0 Å². The third-order valence-corrected chi connectivity index (χ3v) is 4.12. The van der Waals surface area contributed by atoms with Crippen LogP contribution in [0.15, 0.2) is 53.7 Å². The van der Waals surface area contributed by atoms with Gasteiger partial charge in [0.1, 0.15) is 0 Å². The Kier molecular flexibility index (Phi) is 3.81. The van der Waals surface area contributed by atoms with Crippen LogP contribution in [-0.4, -0.2) is 19.5 Å². The highest BCUT2D eigenvalue weighted by atomic mass is 32.2. The van der Waals surface area contributed by atoms with Crippen LogP contribution in [0.5, 0.6) is 0 Å². The monoisotopic (exact) mass is 266 g/mol. The largest absolute Gasteiger partial charge is 0.305 e. The van der Waals surface area contributed by atoms with E-state index in [-0.39, 0.29) is 4.90 Å². The van der Waals surface area contributed by atoms with Gasteiger partial charge in [-0.2, -0.15) is 5.48 Å². The van der Waals surface area contributed by atoms with Gasteiger partial charge in [0, 0.05) is 18.9 Å². The summed E-state index contributed by atoms with van der Waals surface area (Å²) in [5.74, 6) is 0. The van der Waals surface area contributed by atoms with Gasteiger partial charge in [-0.05, 0) is 23.8 Å². The maximum absolute atomic E-state index is 12.2. The Bertz CT molecular complexity index is 605.